The van der Waals surface area contributed by atoms with Crippen LogP contribution in [0.15, 0.2) is 47.6 Å². The van der Waals surface area contributed by atoms with E-state index in [2.05, 4.69) is 10.5 Å². The summed E-state index contributed by atoms with van der Waals surface area (Å²) in [6.07, 6.45) is 0.0427. The molecule has 0 heterocycles. The van der Waals surface area contributed by atoms with Crippen LogP contribution in [0.2, 0.25) is 0 Å². The Morgan fingerprint density at radius 3 is 2.56 bits per heavy atom. The lowest BCUT2D eigenvalue weighted by atomic mass is 9.93. The number of hydrogen-bond acceptors (Lipinski definition) is 5. The van der Waals surface area contributed by atoms with E-state index in [0.29, 0.717) is 12.2 Å². The van der Waals surface area contributed by atoms with E-state index in [1.807, 2.05) is 49.4 Å². The van der Waals surface area contributed by atoms with Crippen molar-refractivity contribution in [1.29, 1.82) is 0 Å². The number of aliphatic hydroxyl groups is 1. The first-order valence-corrected chi connectivity index (χ1v) is 8.34. The Kier molecular flexibility index (Phi) is 6.36. The van der Waals surface area contributed by atoms with Crippen molar-refractivity contribution < 1.29 is 19.4 Å². The summed E-state index contributed by atoms with van der Waals surface area (Å²) in [4.78, 5) is 11.5. The Bertz CT molecular complexity index is 756. The minimum Gasteiger partial charge on any atom is -0.477 e. The molecule has 0 fully saturated rings. The largest absolute Gasteiger partial charge is 0.477 e. The predicted octanol–water partition coefficient (Wildman–Crippen LogP) is 3.53. The normalized spacial score (nSPS) is 14.0. The van der Waals surface area contributed by atoms with E-state index in [9.17, 15) is 9.90 Å². The number of hydrogen-bond donors (Lipinski definition) is 2. The quantitative estimate of drug-likeness (QED) is 0.477. The van der Waals surface area contributed by atoms with Gasteiger partial charge in [-0.2, -0.15) is 0 Å². The van der Waals surface area contributed by atoms with E-state index >= 15 is 0 Å². The third-order valence-electron chi connectivity index (χ3n) is 3.70. The molecule has 0 spiro atoms. The van der Waals surface area contributed by atoms with Crippen molar-refractivity contribution in [2.45, 2.75) is 32.8 Å². The summed E-state index contributed by atoms with van der Waals surface area (Å²) in [7, 11) is 0. The number of nitrogens with one attached hydrogen (secondary N) is 1. The molecule has 1 atom stereocenters. The summed E-state index contributed by atoms with van der Waals surface area (Å²) < 4.78 is 10.4. The molecule has 0 aliphatic rings. The summed E-state index contributed by atoms with van der Waals surface area (Å²) >= 11 is 0. The van der Waals surface area contributed by atoms with Gasteiger partial charge in [-0.25, -0.2) is 10.2 Å². The lowest BCUT2D eigenvalue weighted by Gasteiger charge is -2.25. The van der Waals surface area contributed by atoms with Crippen LogP contribution in [-0.2, 0) is 15.1 Å². The van der Waals surface area contributed by atoms with E-state index in [4.69, 9.17) is 9.47 Å². The number of benzene rings is 2. The standard InChI is InChI=1S/C19H24N2O4/c1-4-12-25-17(20-21-18(22)24-5-2)19(3,23)16-11-10-14-8-6-7-9-15(14)13-16/h6-11,13,23H,4-5,12H2,1-3H3,(H,21,22)/b20-17+. The van der Waals surface area contributed by atoms with Gasteiger partial charge in [-0.3, -0.25) is 0 Å². The lowest BCUT2D eigenvalue weighted by molar-refractivity contribution is 0.0927. The summed E-state index contributed by atoms with van der Waals surface area (Å²) in [5.74, 6) is 0.0117. The molecule has 2 rings (SSSR count). The van der Waals surface area contributed by atoms with Gasteiger partial charge in [0.05, 0.1) is 13.2 Å². The SMILES string of the molecule is CCCO/C(=N/NC(=O)OCC)C(C)(O)c1ccc2ccccc2c1. The minimum atomic E-state index is -1.50. The molecule has 2 N–H and O–H groups in total. The Morgan fingerprint density at radius 1 is 1.16 bits per heavy atom. The Hall–Kier alpha value is -2.60. The van der Waals surface area contributed by atoms with Crippen LogP contribution < -0.4 is 5.43 Å². The molecule has 0 aliphatic heterocycles. The molecule has 0 aliphatic carbocycles. The van der Waals surface area contributed by atoms with Crippen LogP contribution in [0.1, 0.15) is 32.8 Å². The number of fused-ring (bicyclic) bond motifs is 1. The van der Waals surface area contributed by atoms with Gasteiger partial charge in [-0.1, -0.05) is 43.3 Å². The molecule has 0 saturated heterocycles. The van der Waals surface area contributed by atoms with E-state index in [1.54, 1.807) is 13.8 Å². The molecule has 134 valence electrons. The van der Waals surface area contributed by atoms with Gasteiger partial charge in [0.25, 0.3) is 0 Å². The first-order chi connectivity index (χ1) is 12.0. The second-order valence-corrected chi connectivity index (χ2v) is 5.73. The molecule has 6 nitrogen and oxygen atoms in total. The van der Waals surface area contributed by atoms with Gasteiger partial charge < -0.3 is 14.6 Å². The van der Waals surface area contributed by atoms with Gasteiger partial charge in [-0.05, 0) is 42.7 Å². The number of rotatable bonds is 6. The highest BCUT2D eigenvalue weighted by Gasteiger charge is 2.32. The Balaban J connectivity index is 2.33. The first-order valence-electron chi connectivity index (χ1n) is 8.34. The van der Waals surface area contributed by atoms with E-state index in [-0.39, 0.29) is 12.5 Å². The topological polar surface area (TPSA) is 80.2 Å². The van der Waals surface area contributed by atoms with Crippen molar-refractivity contribution in [3.05, 3.63) is 48.0 Å². The zero-order valence-corrected chi connectivity index (χ0v) is 14.8. The molecule has 0 bridgehead atoms. The molecule has 2 aromatic rings. The van der Waals surface area contributed by atoms with E-state index in [0.717, 1.165) is 17.2 Å². The van der Waals surface area contributed by atoms with Crippen LogP contribution in [0.3, 0.4) is 0 Å². The van der Waals surface area contributed by atoms with Gasteiger partial charge in [0.2, 0.25) is 5.90 Å². The average Bonchev–Trinajstić information content (AvgIpc) is 2.61. The molecular weight excluding hydrogens is 320 g/mol. The summed E-state index contributed by atoms with van der Waals surface area (Å²) in [6, 6.07) is 13.5. The number of ether oxygens (including phenoxy) is 2. The second kappa shape index (κ2) is 8.48. The van der Waals surface area contributed by atoms with Gasteiger partial charge in [0, 0.05) is 0 Å². The zero-order chi connectivity index (χ0) is 18.3. The van der Waals surface area contributed by atoms with Crippen LogP contribution in [0, 0.1) is 0 Å². The van der Waals surface area contributed by atoms with Crippen LogP contribution in [0.4, 0.5) is 4.79 Å². The van der Waals surface area contributed by atoms with E-state index in [1.165, 1.54) is 0 Å². The lowest BCUT2D eigenvalue weighted by Crippen LogP contribution is -2.37. The van der Waals surface area contributed by atoms with Crippen LogP contribution in [-0.4, -0.2) is 30.3 Å². The van der Waals surface area contributed by atoms with Crippen molar-refractivity contribution in [2.75, 3.05) is 13.2 Å². The van der Waals surface area contributed by atoms with Crippen molar-refractivity contribution in [2.24, 2.45) is 5.10 Å². The maximum atomic E-state index is 11.5. The minimum absolute atomic E-state index is 0.0117. The second-order valence-electron chi connectivity index (χ2n) is 5.73. The van der Waals surface area contributed by atoms with Gasteiger partial charge in [0.1, 0.15) is 0 Å². The third-order valence-corrected chi connectivity index (χ3v) is 3.70. The highest BCUT2D eigenvalue weighted by atomic mass is 16.6. The molecule has 0 aromatic heterocycles. The Labute approximate surface area is 147 Å². The maximum Gasteiger partial charge on any atom is 0.427 e. The van der Waals surface area contributed by atoms with Gasteiger partial charge in [-0.15, -0.1) is 5.10 Å². The van der Waals surface area contributed by atoms with Crippen molar-refractivity contribution in [3.63, 3.8) is 0 Å². The molecule has 1 unspecified atom stereocenters. The molecular formula is C19H24N2O4. The van der Waals surface area contributed by atoms with Crippen LogP contribution in [0.5, 0.6) is 0 Å². The molecule has 2 aromatic carbocycles. The highest BCUT2D eigenvalue weighted by molar-refractivity contribution is 5.89. The fraction of sp³-hybridized carbons (Fsp3) is 0.368. The molecule has 0 radical (unpaired) electrons. The summed E-state index contributed by atoms with van der Waals surface area (Å²) in [5.41, 5.74) is 1.36. The Morgan fingerprint density at radius 2 is 1.88 bits per heavy atom. The van der Waals surface area contributed by atoms with Crippen LogP contribution >= 0.6 is 0 Å². The number of carbonyl (C=O) groups excluding carboxylic acids is 1. The molecule has 1 amide bonds. The van der Waals surface area contributed by atoms with Gasteiger partial charge >= 0.3 is 6.09 Å². The average molecular weight is 344 g/mol. The van der Waals surface area contributed by atoms with Crippen LogP contribution in [0.25, 0.3) is 10.8 Å². The zero-order valence-electron chi connectivity index (χ0n) is 14.8. The van der Waals surface area contributed by atoms with Gasteiger partial charge in [0.15, 0.2) is 5.60 Å². The summed E-state index contributed by atoms with van der Waals surface area (Å²) in [5, 5.41) is 17.0. The van der Waals surface area contributed by atoms with E-state index < -0.39 is 11.7 Å². The molecule has 0 saturated carbocycles. The van der Waals surface area contributed by atoms with Crippen molar-refractivity contribution in [1.82, 2.24) is 5.43 Å². The fourth-order valence-electron chi connectivity index (χ4n) is 2.36. The number of amides is 1. The number of carbonyl (C=O) groups is 1. The van der Waals surface area contributed by atoms with Crippen molar-refractivity contribution >= 4 is 22.8 Å². The highest BCUT2D eigenvalue weighted by Crippen LogP contribution is 2.27. The first kappa shape index (κ1) is 18.7. The summed E-state index contributed by atoms with van der Waals surface area (Å²) in [6.45, 7) is 5.82. The molecule has 25 heavy (non-hydrogen) atoms. The maximum absolute atomic E-state index is 11.5. The number of nitrogens with zero attached hydrogens (tertiary/aromatic N) is 1. The number of hydrazone groups is 1. The predicted molar refractivity (Wildman–Crippen MR) is 97.4 cm³/mol. The third kappa shape index (κ3) is 4.70. The monoisotopic (exact) mass is 344 g/mol. The molecule has 6 heteroatoms. The fourth-order valence-corrected chi connectivity index (χ4v) is 2.36. The smallest absolute Gasteiger partial charge is 0.427 e. The van der Waals surface area contributed by atoms with Crippen molar-refractivity contribution in [3.8, 4) is 0 Å².